The van der Waals surface area contributed by atoms with E-state index in [0.29, 0.717) is 35.9 Å². The second-order valence-corrected chi connectivity index (χ2v) is 6.94. The molecule has 0 bridgehead atoms. The Kier molecular flexibility index (Phi) is 6.21. The number of nitriles is 1. The highest BCUT2D eigenvalue weighted by Crippen LogP contribution is 2.31. The Balaban J connectivity index is 1.82. The molecule has 2 aromatic heterocycles. The van der Waals surface area contributed by atoms with Crippen LogP contribution in [0.3, 0.4) is 0 Å². The number of benzene rings is 1. The predicted octanol–water partition coefficient (Wildman–Crippen LogP) is 3.44. The summed E-state index contributed by atoms with van der Waals surface area (Å²) in [6.07, 6.45) is 0.784. The van der Waals surface area contributed by atoms with Gasteiger partial charge in [-0.1, -0.05) is 0 Å². The highest BCUT2D eigenvalue weighted by Gasteiger charge is 2.19. The smallest absolute Gasteiger partial charge is 0.242 e. The molecular weight excluding hydrogens is 382 g/mol. The summed E-state index contributed by atoms with van der Waals surface area (Å²) >= 11 is 0. The van der Waals surface area contributed by atoms with E-state index in [0.717, 1.165) is 27.9 Å². The minimum Gasteiger partial charge on any atom is -0.492 e. The van der Waals surface area contributed by atoms with Crippen LogP contribution in [0.4, 0.5) is 5.69 Å². The summed E-state index contributed by atoms with van der Waals surface area (Å²) in [5, 5.41) is 17.2. The van der Waals surface area contributed by atoms with Crippen LogP contribution in [0.2, 0.25) is 0 Å². The van der Waals surface area contributed by atoms with Gasteiger partial charge < -0.3 is 14.8 Å². The van der Waals surface area contributed by atoms with Gasteiger partial charge in [0.2, 0.25) is 11.8 Å². The molecule has 8 heteroatoms. The number of fused-ring (bicyclic) bond motifs is 1. The first kappa shape index (κ1) is 21.1. The molecule has 2 heterocycles. The zero-order valence-corrected chi connectivity index (χ0v) is 17.9. The third-order valence-electron chi connectivity index (χ3n) is 5.00. The number of amides is 1. The van der Waals surface area contributed by atoms with Gasteiger partial charge in [0.05, 0.1) is 36.4 Å². The van der Waals surface area contributed by atoms with Crippen molar-refractivity contribution < 1.29 is 14.3 Å². The summed E-state index contributed by atoms with van der Waals surface area (Å²) in [5.41, 5.74) is 4.58. The summed E-state index contributed by atoms with van der Waals surface area (Å²) in [7, 11) is 3.41. The Labute approximate surface area is 175 Å². The van der Waals surface area contributed by atoms with E-state index < -0.39 is 0 Å². The Bertz CT molecular complexity index is 1140. The number of nitrogens with zero attached hydrogens (tertiary/aromatic N) is 4. The van der Waals surface area contributed by atoms with Crippen molar-refractivity contribution in [2.75, 3.05) is 19.0 Å². The molecule has 1 amide bonds. The summed E-state index contributed by atoms with van der Waals surface area (Å²) in [6.45, 7) is 6.26. The molecule has 1 N–H and O–H groups in total. The molecule has 0 saturated carbocycles. The number of methoxy groups -OCH3 is 1. The lowest BCUT2D eigenvalue weighted by atomic mass is 10.00. The van der Waals surface area contributed by atoms with Gasteiger partial charge in [0.25, 0.3) is 0 Å². The van der Waals surface area contributed by atoms with Gasteiger partial charge in [-0.2, -0.15) is 5.26 Å². The minimum atomic E-state index is -0.164. The van der Waals surface area contributed by atoms with E-state index in [1.165, 1.54) is 0 Å². The molecule has 0 aliphatic heterocycles. The maximum atomic E-state index is 12.6. The van der Waals surface area contributed by atoms with Crippen LogP contribution >= 0.6 is 0 Å². The first-order chi connectivity index (χ1) is 14.4. The highest BCUT2D eigenvalue weighted by atomic mass is 16.5. The molecular formula is C22H25N5O3. The molecule has 0 radical (unpaired) electrons. The van der Waals surface area contributed by atoms with Crippen LogP contribution in [0, 0.1) is 25.2 Å². The molecule has 0 aliphatic rings. The van der Waals surface area contributed by atoms with Gasteiger partial charge in [-0.3, -0.25) is 4.79 Å². The van der Waals surface area contributed by atoms with Crippen molar-refractivity contribution in [2.45, 2.75) is 33.6 Å². The zero-order valence-electron chi connectivity index (χ0n) is 17.9. The minimum absolute atomic E-state index is 0.164. The van der Waals surface area contributed by atoms with Crippen LogP contribution in [0.15, 0.2) is 18.2 Å². The summed E-state index contributed by atoms with van der Waals surface area (Å²) in [5.74, 6) is 0.904. The van der Waals surface area contributed by atoms with E-state index in [9.17, 15) is 4.79 Å². The SMILES string of the molecule is CCOc1ccc(C#N)cc1NC(=O)CCc1c(C)nc2c(c(OC)nn2C)c1C. The van der Waals surface area contributed by atoms with E-state index in [-0.39, 0.29) is 12.3 Å². The van der Waals surface area contributed by atoms with Crippen LogP contribution in [0.1, 0.15) is 35.7 Å². The number of rotatable bonds is 7. The van der Waals surface area contributed by atoms with Crippen LogP contribution in [-0.2, 0) is 18.3 Å². The van der Waals surface area contributed by atoms with Gasteiger partial charge in [-0.05, 0) is 56.5 Å². The van der Waals surface area contributed by atoms with Crippen molar-refractivity contribution in [1.82, 2.24) is 14.8 Å². The Morgan fingerprint density at radius 2 is 2.10 bits per heavy atom. The third-order valence-corrected chi connectivity index (χ3v) is 5.00. The molecule has 30 heavy (non-hydrogen) atoms. The maximum absolute atomic E-state index is 12.6. The maximum Gasteiger partial charge on any atom is 0.242 e. The van der Waals surface area contributed by atoms with Crippen molar-refractivity contribution >= 4 is 22.6 Å². The number of anilines is 1. The number of nitrogens with one attached hydrogen (secondary N) is 1. The van der Waals surface area contributed by atoms with Crippen LogP contribution < -0.4 is 14.8 Å². The Morgan fingerprint density at radius 3 is 2.77 bits per heavy atom. The lowest BCUT2D eigenvalue weighted by Crippen LogP contribution is -2.14. The highest BCUT2D eigenvalue weighted by molar-refractivity contribution is 5.93. The van der Waals surface area contributed by atoms with Gasteiger partial charge >= 0.3 is 0 Å². The number of aromatic nitrogens is 3. The number of carbonyl (C=O) groups is 1. The van der Waals surface area contributed by atoms with E-state index >= 15 is 0 Å². The first-order valence-corrected chi connectivity index (χ1v) is 9.73. The summed E-state index contributed by atoms with van der Waals surface area (Å²) < 4.78 is 12.6. The Morgan fingerprint density at radius 1 is 1.33 bits per heavy atom. The normalized spacial score (nSPS) is 10.7. The quantitative estimate of drug-likeness (QED) is 0.644. The van der Waals surface area contributed by atoms with E-state index in [2.05, 4.69) is 21.5 Å². The molecule has 3 aromatic rings. The lowest BCUT2D eigenvalue weighted by Gasteiger charge is -2.13. The number of hydrogen-bond donors (Lipinski definition) is 1. The second kappa shape index (κ2) is 8.82. The molecule has 3 rings (SSSR count). The van der Waals surface area contributed by atoms with Gasteiger partial charge in [0.1, 0.15) is 5.75 Å². The zero-order chi connectivity index (χ0) is 21.8. The number of pyridine rings is 1. The van der Waals surface area contributed by atoms with Gasteiger partial charge in [-0.25, -0.2) is 9.67 Å². The fourth-order valence-electron chi connectivity index (χ4n) is 3.54. The summed E-state index contributed by atoms with van der Waals surface area (Å²) in [4.78, 5) is 17.3. The molecule has 0 fully saturated rings. The van der Waals surface area contributed by atoms with Crippen molar-refractivity contribution in [2.24, 2.45) is 7.05 Å². The molecule has 8 nitrogen and oxygen atoms in total. The largest absolute Gasteiger partial charge is 0.492 e. The third kappa shape index (κ3) is 4.06. The van der Waals surface area contributed by atoms with Crippen molar-refractivity contribution in [1.29, 1.82) is 5.26 Å². The van der Waals surface area contributed by atoms with Crippen LogP contribution in [0.25, 0.3) is 11.0 Å². The Hall–Kier alpha value is -3.60. The molecule has 0 atom stereocenters. The molecule has 0 saturated heterocycles. The monoisotopic (exact) mass is 407 g/mol. The van der Waals surface area contributed by atoms with E-state index in [1.807, 2.05) is 27.8 Å². The average molecular weight is 407 g/mol. The van der Waals surface area contributed by atoms with E-state index in [4.69, 9.17) is 14.7 Å². The van der Waals surface area contributed by atoms with Gasteiger partial charge in [0.15, 0.2) is 5.65 Å². The lowest BCUT2D eigenvalue weighted by molar-refractivity contribution is -0.116. The first-order valence-electron chi connectivity index (χ1n) is 9.73. The van der Waals surface area contributed by atoms with Gasteiger partial charge in [-0.15, -0.1) is 5.10 Å². The van der Waals surface area contributed by atoms with Gasteiger partial charge in [0, 0.05) is 19.2 Å². The number of ether oxygens (including phenoxy) is 2. The molecule has 156 valence electrons. The van der Waals surface area contributed by atoms with Crippen molar-refractivity contribution in [3.8, 4) is 17.7 Å². The van der Waals surface area contributed by atoms with Crippen LogP contribution in [-0.4, -0.2) is 34.4 Å². The van der Waals surface area contributed by atoms with E-state index in [1.54, 1.807) is 30.0 Å². The standard InChI is InChI=1S/C22H25N5O3/c1-6-30-18-9-7-15(12-23)11-17(18)25-19(28)10-8-16-13(2)20-21(24-14(16)3)27(4)26-22(20)29-5/h7,9,11H,6,8,10H2,1-5H3,(H,25,28). The fraction of sp³-hybridized carbons (Fsp3) is 0.364. The number of aryl methyl sites for hydroxylation is 3. The predicted molar refractivity (Wildman–Crippen MR) is 114 cm³/mol. The fourth-order valence-corrected chi connectivity index (χ4v) is 3.54. The molecule has 0 unspecified atom stereocenters. The topological polar surface area (TPSA) is 102 Å². The number of carbonyl (C=O) groups excluding carboxylic acids is 1. The second-order valence-electron chi connectivity index (χ2n) is 6.94. The molecule has 1 aromatic carbocycles. The molecule has 0 aliphatic carbocycles. The average Bonchev–Trinajstić information content (AvgIpc) is 3.05. The molecule has 0 spiro atoms. The number of hydrogen-bond acceptors (Lipinski definition) is 6. The van der Waals surface area contributed by atoms with Crippen molar-refractivity contribution in [3.63, 3.8) is 0 Å². The van der Waals surface area contributed by atoms with Crippen LogP contribution in [0.5, 0.6) is 11.6 Å². The summed E-state index contributed by atoms with van der Waals surface area (Å²) in [6, 6.07) is 7.05. The van der Waals surface area contributed by atoms with Crippen molar-refractivity contribution in [3.05, 3.63) is 40.6 Å².